The zero-order chi connectivity index (χ0) is 19.2. The average molecular weight is 369 g/mol. The van der Waals surface area contributed by atoms with Gasteiger partial charge >= 0.3 is 5.97 Å². The third-order valence-electron chi connectivity index (χ3n) is 4.88. The fourth-order valence-corrected chi connectivity index (χ4v) is 3.63. The van der Waals surface area contributed by atoms with E-state index in [0.29, 0.717) is 25.1 Å². The van der Waals surface area contributed by atoms with Gasteiger partial charge < -0.3 is 9.64 Å². The van der Waals surface area contributed by atoms with Crippen molar-refractivity contribution < 1.29 is 18.7 Å². The molecule has 2 aromatic carbocycles. The van der Waals surface area contributed by atoms with Crippen molar-refractivity contribution >= 4 is 11.9 Å². The van der Waals surface area contributed by atoms with Crippen molar-refractivity contribution in [2.45, 2.75) is 38.6 Å². The van der Waals surface area contributed by atoms with Crippen molar-refractivity contribution in [2.75, 3.05) is 13.2 Å². The predicted molar refractivity (Wildman–Crippen MR) is 101 cm³/mol. The molecular weight excluding hydrogens is 345 g/mol. The molecule has 142 valence electrons. The average Bonchev–Trinajstić information content (AvgIpc) is 2.68. The zero-order valence-electron chi connectivity index (χ0n) is 15.5. The number of fused-ring (bicyclic) bond motifs is 1. The number of hydrogen-bond donors (Lipinski definition) is 0. The highest BCUT2D eigenvalue weighted by molar-refractivity contribution is 5.78. The van der Waals surface area contributed by atoms with Crippen LogP contribution in [0.25, 0.3) is 0 Å². The molecular formula is C22H24FNO3. The smallest absolute Gasteiger partial charge is 0.305 e. The molecule has 1 amide bonds. The van der Waals surface area contributed by atoms with Gasteiger partial charge in [-0.05, 0) is 37.0 Å². The molecule has 3 rings (SSSR count). The van der Waals surface area contributed by atoms with Crippen LogP contribution in [0.3, 0.4) is 0 Å². The third kappa shape index (κ3) is 4.35. The molecule has 0 spiro atoms. The SMILES string of the molecule is CCOC(=O)CCCC(=O)N1CCc2ccccc2C1c1ccccc1F. The molecule has 0 bridgehead atoms. The highest BCUT2D eigenvalue weighted by Crippen LogP contribution is 2.36. The summed E-state index contributed by atoms with van der Waals surface area (Å²) in [5.74, 6) is -0.675. The lowest BCUT2D eigenvalue weighted by atomic mass is 9.87. The summed E-state index contributed by atoms with van der Waals surface area (Å²) < 4.78 is 19.5. The molecule has 4 nitrogen and oxygen atoms in total. The lowest BCUT2D eigenvalue weighted by molar-refractivity contribution is -0.143. The van der Waals surface area contributed by atoms with Gasteiger partial charge in [0, 0.05) is 24.9 Å². The zero-order valence-corrected chi connectivity index (χ0v) is 15.5. The Morgan fingerprint density at radius 3 is 2.52 bits per heavy atom. The van der Waals surface area contributed by atoms with Crippen LogP contribution in [0.1, 0.15) is 48.9 Å². The summed E-state index contributed by atoms with van der Waals surface area (Å²) in [6.07, 6.45) is 1.63. The van der Waals surface area contributed by atoms with Gasteiger partial charge in [-0.3, -0.25) is 9.59 Å². The van der Waals surface area contributed by atoms with Crippen LogP contribution < -0.4 is 0 Å². The number of ether oxygens (including phenoxy) is 1. The molecule has 1 aliphatic heterocycles. The first-order valence-corrected chi connectivity index (χ1v) is 9.39. The van der Waals surface area contributed by atoms with Gasteiger partial charge in [0.15, 0.2) is 0 Å². The monoisotopic (exact) mass is 369 g/mol. The van der Waals surface area contributed by atoms with E-state index in [-0.39, 0.29) is 30.5 Å². The number of hydrogen-bond acceptors (Lipinski definition) is 3. The Bertz CT molecular complexity index is 821. The van der Waals surface area contributed by atoms with Crippen molar-refractivity contribution in [3.05, 3.63) is 71.0 Å². The van der Waals surface area contributed by atoms with Crippen molar-refractivity contribution in [3.8, 4) is 0 Å². The number of amides is 1. The molecule has 27 heavy (non-hydrogen) atoms. The molecule has 0 N–H and O–H groups in total. The molecule has 0 fully saturated rings. The number of benzene rings is 2. The van der Waals surface area contributed by atoms with Crippen LogP contribution in [0.15, 0.2) is 48.5 Å². The highest BCUT2D eigenvalue weighted by atomic mass is 19.1. The molecule has 1 heterocycles. The van der Waals surface area contributed by atoms with Crippen molar-refractivity contribution in [3.63, 3.8) is 0 Å². The normalized spacial score (nSPS) is 15.9. The number of rotatable bonds is 6. The van der Waals surface area contributed by atoms with E-state index in [1.807, 2.05) is 24.3 Å². The Morgan fingerprint density at radius 1 is 1.07 bits per heavy atom. The standard InChI is InChI=1S/C22H24FNO3/c1-2-27-21(26)13-7-12-20(25)24-15-14-16-8-3-4-9-17(16)22(24)18-10-5-6-11-19(18)23/h3-6,8-11,22H,2,7,12-15H2,1H3. The van der Waals surface area contributed by atoms with Gasteiger partial charge in [0.25, 0.3) is 0 Å². The van der Waals surface area contributed by atoms with E-state index in [1.165, 1.54) is 6.07 Å². The maximum atomic E-state index is 14.5. The molecule has 0 aliphatic carbocycles. The molecule has 1 aliphatic rings. The summed E-state index contributed by atoms with van der Waals surface area (Å²) >= 11 is 0. The lowest BCUT2D eigenvalue weighted by Gasteiger charge is -2.38. The van der Waals surface area contributed by atoms with Crippen LogP contribution in [0.4, 0.5) is 4.39 Å². The van der Waals surface area contributed by atoms with Gasteiger partial charge in [-0.1, -0.05) is 42.5 Å². The molecule has 1 unspecified atom stereocenters. The van der Waals surface area contributed by atoms with E-state index in [4.69, 9.17) is 4.74 Å². The Hall–Kier alpha value is -2.69. The first-order valence-electron chi connectivity index (χ1n) is 9.39. The van der Waals surface area contributed by atoms with Gasteiger partial charge in [0.2, 0.25) is 5.91 Å². The summed E-state index contributed by atoms with van der Waals surface area (Å²) in [5.41, 5.74) is 2.61. The molecule has 0 radical (unpaired) electrons. The van der Waals surface area contributed by atoms with E-state index in [1.54, 1.807) is 30.0 Å². The highest BCUT2D eigenvalue weighted by Gasteiger charge is 2.33. The fraction of sp³-hybridized carbons (Fsp3) is 0.364. The maximum Gasteiger partial charge on any atom is 0.305 e. The summed E-state index contributed by atoms with van der Waals surface area (Å²) in [6.45, 7) is 2.63. The van der Waals surface area contributed by atoms with E-state index >= 15 is 0 Å². The Morgan fingerprint density at radius 2 is 1.78 bits per heavy atom. The molecule has 5 heteroatoms. The summed E-state index contributed by atoms with van der Waals surface area (Å²) in [7, 11) is 0. The van der Waals surface area contributed by atoms with Crippen LogP contribution in [-0.2, 0) is 20.7 Å². The Labute approximate surface area is 158 Å². The van der Waals surface area contributed by atoms with E-state index in [0.717, 1.165) is 17.5 Å². The second-order valence-electron chi connectivity index (χ2n) is 6.62. The molecule has 0 saturated carbocycles. The molecule has 0 aromatic heterocycles. The summed E-state index contributed by atoms with van der Waals surface area (Å²) in [6, 6.07) is 14.0. The molecule has 1 atom stereocenters. The number of halogens is 1. The number of nitrogens with zero attached hydrogens (tertiary/aromatic N) is 1. The van der Waals surface area contributed by atoms with Crippen LogP contribution in [0.5, 0.6) is 0 Å². The third-order valence-corrected chi connectivity index (χ3v) is 4.88. The number of carbonyl (C=O) groups is 2. The molecule has 2 aromatic rings. The first-order chi connectivity index (χ1) is 13.1. The summed E-state index contributed by atoms with van der Waals surface area (Å²) in [4.78, 5) is 26.1. The van der Waals surface area contributed by atoms with E-state index in [2.05, 4.69) is 0 Å². The minimum absolute atomic E-state index is 0.0675. The van der Waals surface area contributed by atoms with Gasteiger partial charge in [0.05, 0.1) is 12.6 Å². The van der Waals surface area contributed by atoms with Crippen LogP contribution in [-0.4, -0.2) is 29.9 Å². The van der Waals surface area contributed by atoms with E-state index < -0.39 is 6.04 Å². The predicted octanol–water partition coefficient (Wildman–Crippen LogP) is 4.03. The second-order valence-corrected chi connectivity index (χ2v) is 6.62. The number of esters is 1. The quantitative estimate of drug-likeness (QED) is 0.722. The van der Waals surface area contributed by atoms with E-state index in [9.17, 15) is 14.0 Å². The number of carbonyl (C=O) groups excluding carboxylic acids is 2. The van der Waals surface area contributed by atoms with Crippen LogP contribution in [0.2, 0.25) is 0 Å². The van der Waals surface area contributed by atoms with Crippen LogP contribution >= 0.6 is 0 Å². The second kappa shape index (κ2) is 8.80. The van der Waals surface area contributed by atoms with Crippen molar-refractivity contribution in [1.82, 2.24) is 4.90 Å². The minimum Gasteiger partial charge on any atom is -0.466 e. The first kappa shape index (κ1) is 19.1. The maximum absolute atomic E-state index is 14.5. The summed E-state index contributed by atoms with van der Waals surface area (Å²) in [5, 5.41) is 0. The van der Waals surface area contributed by atoms with Crippen LogP contribution in [0, 0.1) is 5.82 Å². The van der Waals surface area contributed by atoms with Crippen molar-refractivity contribution in [1.29, 1.82) is 0 Å². The van der Waals surface area contributed by atoms with Gasteiger partial charge in [-0.15, -0.1) is 0 Å². The molecule has 0 saturated heterocycles. The Kier molecular flexibility index (Phi) is 6.22. The lowest BCUT2D eigenvalue weighted by Crippen LogP contribution is -2.40. The largest absolute Gasteiger partial charge is 0.466 e. The van der Waals surface area contributed by atoms with Crippen molar-refractivity contribution in [2.24, 2.45) is 0 Å². The van der Waals surface area contributed by atoms with Gasteiger partial charge in [-0.25, -0.2) is 4.39 Å². The minimum atomic E-state index is -0.439. The van der Waals surface area contributed by atoms with Gasteiger partial charge in [0.1, 0.15) is 5.82 Å². The Balaban J connectivity index is 1.82. The topological polar surface area (TPSA) is 46.6 Å². The fourth-order valence-electron chi connectivity index (χ4n) is 3.63. The van der Waals surface area contributed by atoms with Gasteiger partial charge in [-0.2, -0.15) is 0 Å².